The number of amides is 2. The maximum Gasteiger partial charge on any atom is 0.227 e. The number of hydrogen-bond donors (Lipinski definition) is 1. The summed E-state index contributed by atoms with van der Waals surface area (Å²) >= 11 is 0. The maximum atomic E-state index is 12.5. The van der Waals surface area contributed by atoms with Crippen LogP contribution in [0.5, 0.6) is 0 Å². The number of hydrogen-bond acceptors (Lipinski definition) is 3. The van der Waals surface area contributed by atoms with E-state index in [-0.39, 0.29) is 23.9 Å². The quantitative estimate of drug-likeness (QED) is 0.923. The predicted molar refractivity (Wildman–Crippen MR) is 90.1 cm³/mol. The van der Waals surface area contributed by atoms with Gasteiger partial charge in [0.25, 0.3) is 0 Å². The number of carbonyl (C=O) groups excluding carboxylic acids is 2. The van der Waals surface area contributed by atoms with Crippen LogP contribution < -0.4 is 10.6 Å². The summed E-state index contributed by atoms with van der Waals surface area (Å²) in [7, 11) is 0. The van der Waals surface area contributed by atoms with E-state index in [9.17, 15) is 9.59 Å². The first-order chi connectivity index (χ1) is 11.0. The van der Waals surface area contributed by atoms with Gasteiger partial charge in [-0.3, -0.25) is 9.59 Å². The number of nitrogens with two attached hydrogens (primary N) is 1. The number of piperidine rings is 1. The monoisotopic (exact) mass is 315 g/mol. The number of likely N-dealkylation sites (tertiary alicyclic amines) is 1. The maximum absolute atomic E-state index is 12.5. The van der Waals surface area contributed by atoms with E-state index in [0.29, 0.717) is 12.8 Å². The molecular formula is C18H25N3O2. The molecule has 2 saturated heterocycles. The molecule has 0 aromatic heterocycles. The molecule has 124 valence electrons. The molecule has 5 nitrogen and oxygen atoms in total. The highest BCUT2D eigenvalue weighted by atomic mass is 16.2. The molecule has 0 bridgehead atoms. The van der Waals surface area contributed by atoms with Crippen LogP contribution in [0.3, 0.4) is 0 Å². The number of rotatable bonds is 3. The summed E-state index contributed by atoms with van der Waals surface area (Å²) in [6.07, 6.45) is 3.73. The Labute approximate surface area is 137 Å². The lowest BCUT2D eigenvalue weighted by molar-refractivity contribution is -0.133. The summed E-state index contributed by atoms with van der Waals surface area (Å²) < 4.78 is 0. The van der Waals surface area contributed by atoms with Crippen LogP contribution in [0.4, 0.5) is 5.69 Å². The highest BCUT2D eigenvalue weighted by Crippen LogP contribution is 2.22. The van der Waals surface area contributed by atoms with Crippen molar-refractivity contribution < 1.29 is 9.59 Å². The third kappa shape index (κ3) is 3.55. The van der Waals surface area contributed by atoms with Crippen molar-refractivity contribution in [1.82, 2.24) is 4.90 Å². The predicted octanol–water partition coefficient (Wildman–Crippen LogP) is 1.69. The van der Waals surface area contributed by atoms with Gasteiger partial charge in [0, 0.05) is 37.3 Å². The van der Waals surface area contributed by atoms with E-state index in [1.54, 1.807) is 0 Å². The minimum Gasteiger partial charge on any atom is -0.340 e. The minimum atomic E-state index is 0.161. The van der Waals surface area contributed by atoms with E-state index in [4.69, 9.17) is 5.73 Å². The van der Waals surface area contributed by atoms with Crippen molar-refractivity contribution in [3.05, 3.63) is 29.8 Å². The Balaban J connectivity index is 1.62. The highest BCUT2D eigenvalue weighted by Gasteiger charge is 2.27. The molecule has 2 fully saturated rings. The molecule has 5 heteroatoms. The van der Waals surface area contributed by atoms with Crippen molar-refractivity contribution in [2.75, 3.05) is 18.0 Å². The number of benzene rings is 1. The number of carbonyl (C=O) groups is 2. The molecule has 1 aromatic carbocycles. The molecule has 0 unspecified atom stereocenters. The molecule has 2 aliphatic heterocycles. The van der Waals surface area contributed by atoms with Gasteiger partial charge in [0.2, 0.25) is 11.8 Å². The van der Waals surface area contributed by atoms with Crippen LogP contribution in [0.15, 0.2) is 24.3 Å². The van der Waals surface area contributed by atoms with Crippen molar-refractivity contribution >= 4 is 17.5 Å². The van der Waals surface area contributed by atoms with Crippen LogP contribution in [-0.2, 0) is 16.0 Å². The van der Waals surface area contributed by atoms with Crippen LogP contribution in [-0.4, -0.2) is 41.9 Å². The second kappa shape index (κ2) is 6.71. The van der Waals surface area contributed by atoms with Crippen LogP contribution >= 0.6 is 0 Å². The van der Waals surface area contributed by atoms with Gasteiger partial charge in [-0.2, -0.15) is 0 Å². The van der Waals surface area contributed by atoms with Gasteiger partial charge >= 0.3 is 0 Å². The second-order valence-corrected chi connectivity index (χ2v) is 6.71. The summed E-state index contributed by atoms with van der Waals surface area (Å²) in [6, 6.07) is 8.24. The largest absolute Gasteiger partial charge is 0.340 e. The Hall–Kier alpha value is -1.88. The second-order valence-electron chi connectivity index (χ2n) is 6.71. The summed E-state index contributed by atoms with van der Waals surface area (Å²) in [4.78, 5) is 28.0. The lowest BCUT2D eigenvalue weighted by Crippen LogP contribution is -2.48. The molecule has 0 radical (unpaired) electrons. The van der Waals surface area contributed by atoms with Crippen LogP contribution in [0, 0.1) is 0 Å². The summed E-state index contributed by atoms with van der Waals surface area (Å²) in [6.45, 7) is 3.61. The standard InChI is InChI=1S/C18H25N3O2/c1-13-11-15(19)8-10-20(13)18(23)12-14-4-6-16(7-5-14)21-9-2-3-17(21)22/h4-7,13,15H,2-3,8-12,19H2,1H3/t13-,15+/m0/s1. The van der Waals surface area contributed by atoms with Gasteiger partial charge in [0.1, 0.15) is 0 Å². The van der Waals surface area contributed by atoms with E-state index in [2.05, 4.69) is 6.92 Å². The van der Waals surface area contributed by atoms with E-state index in [1.807, 2.05) is 34.1 Å². The average Bonchev–Trinajstić information content (AvgIpc) is 2.94. The number of anilines is 1. The molecule has 0 spiro atoms. The van der Waals surface area contributed by atoms with Crippen LogP contribution in [0.1, 0.15) is 38.2 Å². The average molecular weight is 315 g/mol. The zero-order valence-electron chi connectivity index (χ0n) is 13.7. The van der Waals surface area contributed by atoms with Crippen molar-refractivity contribution in [3.63, 3.8) is 0 Å². The Morgan fingerprint density at radius 3 is 2.61 bits per heavy atom. The van der Waals surface area contributed by atoms with Gasteiger partial charge in [-0.15, -0.1) is 0 Å². The van der Waals surface area contributed by atoms with Gasteiger partial charge in [-0.25, -0.2) is 0 Å². The first-order valence-electron chi connectivity index (χ1n) is 8.49. The summed E-state index contributed by atoms with van der Waals surface area (Å²) in [5, 5.41) is 0. The van der Waals surface area contributed by atoms with Gasteiger partial charge in [-0.05, 0) is 43.9 Å². The summed E-state index contributed by atoms with van der Waals surface area (Å²) in [5.74, 6) is 0.349. The van der Waals surface area contributed by atoms with Gasteiger partial charge in [-0.1, -0.05) is 12.1 Å². The first-order valence-corrected chi connectivity index (χ1v) is 8.49. The topological polar surface area (TPSA) is 66.6 Å². The number of nitrogens with zero attached hydrogens (tertiary/aromatic N) is 2. The minimum absolute atomic E-state index is 0.161. The van der Waals surface area contributed by atoms with Crippen molar-refractivity contribution in [3.8, 4) is 0 Å². The van der Waals surface area contributed by atoms with E-state index in [0.717, 1.165) is 43.6 Å². The molecule has 2 atom stereocenters. The third-order valence-corrected chi connectivity index (χ3v) is 4.91. The Bertz CT molecular complexity index is 584. The van der Waals surface area contributed by atoms with Crippen molar-refractivity contribution in [2.24, 2.45) is 5.73 Å². The molecule has 2 aliphatic rings. The highest BCUT2D eigenvalue weighted by molar-refractivity contribution is 5.95. The van der Waals surface area contributed by atoms with E-state index in [1.165, 1.54) is 0 Å². The molecule has 0 aliphatic carbocycles. The zero-order valence-corrected chi connectivity index (χ0v) is 13.7. The Morgan fingerprint density at radius 1 is 1.26 bits per heavy atom. The SMILES string of the molecule is C[C@H]1C[C@H](N)CCN1C(=O)Cc1ccc(N2CCCC2=O)cc1. The summed E-state index contributed by atoms with van der Waals surface area (Å²) in [5.41, 5.74) is 7.88. The fraction of sp³-hybridized carbons (Fsp3) is 0.556. The Kier molecular flexibility index (Phi) is 4.66. The van der Waals surface area contributed by atoms with E-state index < -0.39 is 0 Å². The fourth-order valence-corrected chi connectivity index (χ4v) is 3.57. The van der Waals surface area contributed by atoms with Crippen LogP contribution in [0.25, 0.3) is 0 Å². The van der Waals surface area contributed by atoms with Gasteiger partial charge in [0.05, 0.1) is 6.42 Å². The first kappa shape index (κ1) is 16.0. The molecule has 0 saturated carbocycles. The van der Waals surface area contributed by atoms with Gasteiger partial charge < -0.3 is 15.5 Å². The zero-order chi connectivity index (χ0) is 16.4. The fourth-order valence-electron chi connectivity index (χ4n) is 3.57. The van der Waals surface area contributed by atoms with Gasteiger partial charge in [0.15, 0.2) is 0 Å². The third-order valence-electron chi connectivity index (χ3n) is 4.91. The molecular weight excluding hydrogens is 290 g/mol. The molecule has 23 heavy (non-hydrogen) atoms. The van der Waals surface area contributed by atoms with Crippen molar-refractivity contribution in [1.29, 1.82) is 0 Å². The van der Waals surface area contributed by atoms with E-state index >= 15 is 0 Å². The molecule has 2 N–H and O–H groups in total. The normalized spacial score (nSPS) is 25.0. The molecule has 3 rings (SSSR count). The molecule has 2 amide bonds. The molecule has 2 heterocycles. The smallest absolute Gasteiger partial charge is 0.227 e. The van der Waals surface area contributed by atoms with Crippen LogP contribution in [0.2, 0.25) is 0 Å². The molecule has 1 aromatic rings. The lowest BCUT2D eigenvalue weighted by atomic mass is 9.98. The van der Waals surface area contributed by atoms with Crippen molar-refractivity contribution in [2.45, 2.75) is 51.1 Å². The Morgan fingerprint density at radius 2 is 2.00 bits per heavy atom. The lowest BCUT2D eigenvalue weighted by Gasteiger charge is -2.36.